The normalized spacial score (nSPS) is 10.5. The van der Waals surface area contributed by atoms with Crippen LogP contribution in [0.1, 0.15) is 18.2 Å². The number of nitro benzene ring substituents is 1. The summed E-state index contributed by atoms with van der Waals surface area (Å²) in [6.45, 7) is 2.23. The fraction of sp³-hybridized carbons (Fsp3) is 0.273. The van der Waals surface area contributed by atoms with Crippen molar-refractivity contribution >= 4 is 11.5 Å². The highest BCUT2D eigenvalue weighted by Crippen LogP contribution is 2.20. The van der Waals surface area contributed by atoms with Gasteiger partial charge in [-0.2, -0.15) is 0 Å². The predicted molar refractivity (Wildman–Crippen MR) is 66.0 cm³/mol. The van der Waals surface area contributed by atoms with E-state index in [1.54, 1.807) is 22.9 Å². The zero-order valence-corrected chi connectivity index (χ0v) is 9.91. The molecule has 2 aromatic rings. The molecule has 0 spiro atoms. The van der Waals surface area contributed by atoms with E-state index in [4.69, 9.17) is 5.73 Å². The van der Waals surface area contributed by atoms with Crippen LogP contribution in [0.2, 0.25) is 0 Å². The lowest BCUT2D eigenvalue weighted by molar-refractivity contribution is -0.385. The number of hydrogen-bond acceptors (Lipinski definition) is 5. The van der Waals surface area contributed by atoms with Gasteiger partial charge in [0.1, 0.15) is 0 Å². The molecule has 0 aliphatic heterocycles. The zero-order valence-electron chi connectivity index (χ0n) is 9.91. The smallest absolute Gasteiger partial charge is 0.274 e. The number of nitrogen functional groups attached to an aromatic ring is 1. The number of nitro groups is 1. The quantitative estimate of drug-likeness (QED) is 0.649. The highest BCUT2D eigenvalue weighted by Gasteiger charge is 2.15. The minimum absolute atomic E-state index is 0.0774. The fourth-order valence-corrected chi connectivity index (χ4v) is 1.82. The molecule has 7 heteroatoms. The largest absolute Gasteiger partial charge is 0.381 e. The molecule has 2 N–H and O–H groups in total. The number of rotatable bonds is 4. The molecule has 1 heterocycles. The maximum Gasteiger partial charge on any atom is 0.274 e. The van der Waals surface area contributed by atoms with E-state index in [2.05, 4.69) is 10.3 Å². The second kappa shape index (κ2) is 4.82. The van der Waals surface area contributed by atoms with Crippen LogP contribution in [-0.2, 0) is 13.0 Å². The molecule has 0 aliphatic carbocycles. The minimum Gasteiger partial charge on any atom is -0.381 e. The van der Waals surface area contributed by atoms with Gasteiger partial charge in [0.15, 0.2) is 5.82 Å². The lowest BCUT2D eigenvalue weighted by Gasteiger charge is -2.05. The maximum atomic E-state index is 10.9. The summed E-state index contributed by atoms with van der Waals surface area (Å²) in [6, 6.07) is 6.57. The molecule has 7 nitrogen and oxygen atoms in total. The SMILES string of the molecule is CCc1c(N)nnn1Cc1ccccc1[N+](=O)[O-]. The Kier molecular flexibility index (Phi) is 3.22. The van der Waals surface area contributed by atoms with Crippen LogP contribution in [0.3, 0.4) is 0 Å². The van der Waals surface area contributed by atoms with Crippen LogP contribution in [0.25, 0.3) is 0 Å². The average molecular weight is 247 g/mol. The van der Waals surface area contributed by atoms with Crippen molar-refractivity contribution in [2.24, 2.45) is 0 Å². The van der Waals surface area contributed by atoms with Crippen molar-refractivity contribution < 1.29 is 4.92 Å². The first kappa shape index (κ1) is 12.0. The van der Waals surface area contributed by atoms with Gasteiger partial charge in [-0.25, -0.2) is 4.68 Å². The summed E-state index contributed by atoms with van der Waals surface area (Å²) >= 11 is 0. The number of nitrogens with two attached hydrogens (primary N) is 1. The van der Waals surface area contributed by atoms with Gasteiger partial charge < -0.3 is 5.73 Å². The molecule has 1 aromatic heterocycles. The average Bonchev–Trinajstić information content (AvgIpc) is 2.70. The van der Waals surface area contributed by atoms with Crippen molar-refractivity contribution in [3.8, 4) is 0 Å². The molecule has 18 heavy (non-hydrogen) atoms. The Labute approximate surface area is 103 Å². The van der Waals surface area contributed by atoms with Crippen LogP contribution in [0.15, 0.2) is 24.3 Å². The van der Waals surface area contributed by atoms with Gasteiger partial charge in [-0.3, -0.25) is 10.1 Å². The highest BCUT2D eigenvalue weighted by atomic mass is 16.6. The Hall–Kier alpha value is -2.44. The summed E-state index contributed by atoms with van der Waals surface area (Å²) in [5.74, 6) is 0.371. The van der Waals surface area contributed by atoms with Crippen LogP contribution in [-0.4, -0.2) is 19.9 Å². The van der Waals surface area contributed by atoms with E-state index in [-0.39, 0.29) is 5.69 Å². The molecule has 0 unspecified atom stereocenters. The second-order valence-electron chi connectivity index (χ2n) is 3.82. The van der Waals surface area contributed by atoms with Crippen LogP contribution in [0.4, 0.5) is 11.5 Å². The molecule has 0 atom stereocenters. The van der Waals surface area contributed by atoms with Gasteiger partial charge in [-0.1, -0.05) is 30.3 Å². The lowest BCUT2D eigenvalue weighted by atomic mass is 10.2. The third-order valence-electron chi connectivity index (χ3n) is 2.71. The Morgan fingerprint density at radius 1 is 1.44 bits per heavy atom. The monoisotopic (exact) mass is 247 g/mol. The van der Waals surface area contributed by atoms with E-state index < -0.39 is 4.92 Å². The summed E-state index contributed by atoms with van der Waals surface area (Å²) < 4.78 is 1.59. The van der Waals surface area contributed by atoms with Crippen molar-refractivity contribution in [2.75, 3.05) is 5.73 Å². The van der Waals surface area contributed by atoms with E-state index in [9.17, 15) is 10.1 Å². The molecule has 0 radical (unpaired) electrons. The van der Waals surface area contributed by atoms with E-state index >= 15 is 0 Å². The van der Waals surface area contributed by atoms with Gasteiger partial charge in [0.2, 0.25) is 0 Å². The highest BCUT2D eigenvalue weighted by molar-refractivity contribution is 5.41. The molecule has 2 rings (SSSR count). The third-order valence-corrected chi connectivity index (χ3v) is 2.71. The van der Waals surface area contributed by atoms with Crippen molar-refractivity contribution in [1.82, 2.24) is 15.0 Å². The Balaban J connectivity index is 2.37. The van der Waals surface area contributed by atoms with E-state index in [1.165, 1.54) is 6.07 Å². The fourth-order valence-electron chi connectivity index (χ4n) is 1.82. The van der Waals surface area contributed by atoms with Gasteiger partial charge >= 0.3 is 0 Å². The molecule has 0 amide bonds. The van der Waals surface area contributed by atoms with Crippen molar-refractivity contribution in [3.63, 3.8) is 0 Å². The van der Waals surface area contributed by atoms with Crippen LogP contribution in [0.5, 0.6) is 0 Å². The van der Waals surface area contributed by atoms with Gasteiger partial charge in [0.25, 0.3) is 5.69 Å². The predicted octanol–water partition coefficient (Wildman–Crippen LogP) is 1.38. The van der Waals surface area contributed by atoms with Crippen molar-refractivity contribution in [2.45, 2.75) is 19.9 Å². The minimum atomic E-state index is -0.402. The van der Waals surface area contributed by atoms with Gasteiger partial charge in [0.05, 0.1) is 22.7 Å². The first-order valence-electron chi connectivity index (χ1n) is 5.53. The number of hydrogen-bond donors (Lipinski definition) is 1. The van der Waals surface area contributed by atoms with Gasteiger partial charge in [0, 0.05) is 6.07 Å². The van der Waals surface area contributed by atoms with E-state index in [1.807, 2.05) is 6.92 Å². The molecule has 1 aromatic carbocycles. The summed E-state index contributed by atoms with van der Waals surface area (Å²) in [6.07, 6.45) is 0.680. The molecule has 0 aliphatic rings. The molecule has 94 valence electrons. The first-order chi connectivity index (χ1) is 8.63. The van der Waals surface area contributed by atoms with Crippen LogP contribution >= 0.6 is 0 Å². The molecule has 0 bridgehead atoms. The number of aromatic nitrogens is 3. The maximum absolute atomic E-state index is 10.9. The van der Waals surface area contributed by atoms with Crippen LogP contribution in [0, 0.1) is 10.1 Å². The second-order valence-corrected chi connectivity index (χ2v) is 3.82. The molecule has 0 fully saturated rings. The van der Waals surface area contributed by atoms with Gasteiger partial charge in [-0.05, 0) is 6.42 Å². The topological polar surface area (TPSA) is 99.9 Å². The van der Waals surface area contributed by atoms with Crippen molar-refractivity contribution in [3.05, 3.63) is 45.6 Å². The summed E-state index contributed by atoms with van der Waals surface area (Å²) in [5, 5.41) is 18.6. The summed E-state index contributed by atoms with van der Waals surface area (Å²) in [5.41, 5.74) is 7.12. The Bertz CT molecular complexity index is 579. The summed E-state index contributed by atoms with van der Waals surface area (Å²) in [7, 11) is 0. The van der Waals surface area contributed by atoms with E-state index in [0.717, 1.165) is 5.69 Å². The Morgan fingerprint density at radius 3 is 2.83 bits per heavy atom. The number of para-hydroxylation sites is 1. The van der Waals surface area contributed by atoms with Crippen LogP contribution < -0.4 is 5.73 Å². The number of nitrogens with zero attached hydrogens (tertiary/aromatic N) is 4. The zero-order chi connectivity index (χ0) is 13.1. The third kappa shape index (κ3) is 2.15. The summed E-state index contributed by atoms with van der Waals surface area (Å²) in [4.78, 5) is 10.5. The molecule has 0 saturated heterocycles. The number of benzene rings is 1. The molecule has 0 saturated carbocycles. The molecular weight excluding hydrogens is 234 g/mol. The van der Waals surface area contributed by atoms with E-state index in [0.29, 0.717) is 24.3 Å². The Morgan fingerprint density at radius 2 is 2.17 bits per heavy atom. The first-order valence-corrected chi connectivity index (χ1v) is 5.53. The number of anilines is 1. The lowest BCUT2D eigenvalue weighted by Crippen LogP contribution is -2.08. The van der Waals surface area contributed by atoms with Crippen molar-refractivity contribution in [1.29, 1.82) is 0 Å². The van der Waals surface area contributed by atoms with Gasteiger partial charge in [-0.15, -0.1) is 5.10 Å². The standard InChI is InChI=1S/C11H13N5O2/c1-2-9-11(12)13-14-15(9)7-8-5-3-4-6-10(8)16(17)18/h3-6H,2,7,12H2,1H3. The molecular formula is C11H13N5O2.